The first-order chi connectivity index (χ1) is 14.4. The molecule has 0 bridgehead atoms. The smallest absolute Gasteiger partial charge is 0.264 e. The SMILES string of the molecule is COc1ccc(CNC(=O)CN(c2ccccc2)S(=O)(=O)c2ccc(Cl)cc2)cc1. The summed E-state index contributed by atoms with van der Waals surface area (Å²) in [5.74, 6) is 0.293. The zero-order valence-corrected chi connectivity index (χ0v) is 17.9. The molecule has 6 nitrogen and oxygen atoms in total. The Balaban J connectivity index is 1.79. The summed E-state index contributed by atoms with van der Waals surface area (Å²) in [6.45, 7) is -0.0857. The van der Waals surface area contributed by atoms with Gasteiger partial charge >= 0.3 is 0 Å². The fourth-order valence-corrected chi connectivity index (χ4v) is 4.32. The number of nitrogens with zero attached hydrogens (tertiary/aromatic N) is 1. The van der Waals surface area contributed by atoms with E-state index in [1.807, 2.05) is 12.1 Å². The van der Waals surface area contributed by atoms with Gasteiger partial charge in [0.15, 0.2) is 0 Å². The Bertz CT molecular complexity index is 1090. The van der Waals surface area contributed by atoms with E-state index in [4.69, 9.17) is 16.3 Å². The van der Waals surface area contributed by atoms with Crippen molar-refractivity contribution >= 4 is 33.2 Å². The van der Waals surface area contributed by atoms with Crippen molar-refractivity contribution in [2.24, 2.45) is 0 Å². The molecular weight excluding hydrogens is 424 g/mol. The zero-order chi connectivity index (χ0) is 21.6. The summed E-state index contributed by atoms with van der Waals surface area (Å²) in [5, 5.41) is 3.19. The quantitative estimate of drug-likeness (QED) is 0.572. The lowest BCUT2D eigenvalue weighted by Crippen LogP contribution is -2.40. The molecule has 8 heteroatoms. The summed E-state index contributed by atoms with van der Waals surface area (Å²) in [7, 11) is -2.38. The van der Waals surface area contributed by atoms with Crippen LogP contribution in [0.4, 0.5) is 5.69 Å². The van der Waals surface area contributed by atoms with Crippen LogP contribution in [0.25, 0.3) is 0 Å². The summed E-state index contributed by atoms with van der Waals surface area (Å²) < 4.78 is 32.6. The Morgan fingerprint density at radius 2 is 1.60 bits per heavy atom. The molecule has 156 valence electrons. The monoisotopic (exact) mass is 444 g/mol. The van der Waals surface area contributed by atoms with Gasteiger partial charge in [-0.25, -0.2) is 8.42 Å². The average Bonchev–Trinajstić information content (AvgIpc) is 2.77. The molecule has 3 aromatic carbocycles. The van der Waals surface area contributed by atoms with Crippen LogP contribution in [0.2, 0.25) is 5.02 Å². The summed E-state index contributed by atoms with van der Waals surface area (Å²) in [4.78, 5) is 12.6. The van der Waals surface area contributed by atoms with E-state index in [0.717, 1.165) is 15.6 Å². The van der Waals surface area contributed by atoms with E-state index in [1.165, 1.54) is 24.3 Å². The molecule has 0 aromatic heterocycles. The Labute approximate surface area is 181 Å². The number of ether oxygens (including phenoxy) is 1. The average molecular weight is 445 g/mol. The van der Waals surface area contributed by atoms with Gasteiger partial charge in [0.05, 0.1) is 17.7 Å². The van der Waals surface area contributed by atoms with Crippen LogP contribution in [0.5, 0.6) is 5.75 Å². The zero-order valence-electron chi connectivity index (χ0n) is 16.3. The molecule has 0 aliphatic rings. The van der Waals surface area contributed by atoms with Gasteiger partial charge < -0.3 is 10.1 Å². The van der Waals surface area contributed by atoms with E-state index in [9.17, 15) is 13.2 Å². The number of rotatable bonds is 8. The van der Waals surface area contributed by atoms with Crippen molar-refractivity contribution in [1.29, 1.82) is 0 Å². The number of para-hydroxylation sites is 1. The van der Waals surface area contributed by atoms with Crippen LogP contribution in [0, 0.1) is 0 Å². The highest BCUT2D eigenvalue weighted by Crippen LogP contribution is 2.24. The number of benzene rings is 3. The normalized spacial score (nSPS) is 11.0. The highest BCUT2D eigenvalue weighted by atomic mass is 35.5. The van der Waals surface area contributed by atoms with E-state index in [1.54, 1.807) is 49.6 Å². The number of hydrogen-bond acceptors (Lipinski definition) is 4. The lowest BCUT2D eigenvalue weighted by atomic mass is 10.2. The van der Waals surface area contributed by atoms with Gasteiger partial charge in [0.25, 0.3) is 10.0 Å². The van der Waals surface area contributed by atoms with Gasteiger partial charge in [-0.2, -0.15) is 0 Å². The summed E-state index contributed by atoms with van der Waals surface area (Å²) in [5.41, 5.74) is 1.27. The van der Waals surface area contributed by atoms with E-state index in [-0.39, 0.29) is 18.0 Å². The van der Waals surface area contributed by atoms with Gasteiger partial charge in [0.1, 0.15) is 12.3 Å². The van der Waals surface area contributed by atoms with Gasteiger partial charge in [-0.1, -0.05) is 41.9 Å². The van der Waals surface area contributed by atoms with Crippen molar-refractivity contribution in [2.75, 3.05) is 18.0 Å². The minimum Gasteiger partial charge on any atom is -0.497 e. The third kappa shape index (κ3) is 5.31. The largest absolute Gasteiger partial charge is 0.497 e. The second kappa shape index (κ2) is 9.65. The fourth-order valence-electron chi connectivity index (χ4n) is 2.77. The van der Waals surface area contributed by atoms with Gasteiger partial charge in [-0.15, -0.1) is 0 Å². The van der Waals surface area contributed by atoms with Crippen LogP contribution >= 0.6 is 11.6 Å². The molecular formula is C22H21ClN2O4S. The maximum Gasteiger partial charge on any atom is 0.264 e. The number of carbonyl (C=O) groups is 1. The van der Waals surface area contributed by atoms with E-state index in [0.29, 0.717) is 10.7 Å². The van der Waals surface area contributed by atoms with E-state index < -0.39 is 15.9 Å². The second-order valence-corrected chi connectivity index (χ2v) is 8.72. The Morgan fingerprint density at radius 3 is 2.20 bits per heavy atom. The number of carbonyl (C=O) groups excluding carboxylic acids is 1. The Morgan fingerprint density at radius 1 is 0.967 bits per heavy atom. The van der Waals surface area contributed by atoms with Crippen LogP contribution in [0.15, 0.2) is 83.8 Å². The van der Waals surface area contributed by atoms with Gasteiger partial charge in [-0.3, -0.25) is 9.10 Å². The molecule has 0 fully saturated rings. The van der Waals surface area contributed by atoms with Crippen LogP contribution in [-0.4, -0.2) is 28.0 Å². The fraction of sp³-hybridized carbons (Fsp3) is 0.136. The summed E-state index contributed by atoms with van der Waals surface area (Å²) in [6, 6.07) is 21.6. The van der Waals surface area contributed by atoms with Gasteiger partial charge in [0.2, 0.25) is 5.91 Å². The topological polar surface area (TPSA) is 75.7 Å². The first kappa shape index (κ1) is 21.7. The third-order valence-corrected chi connectivity index (χ3v) is 6.42. The lowest BCUT2D eigenvalue weighted by Gasteiger charge is -2.24. The van der Waals surface area contributed by atoms with Crippen LogP contribution in [-0.2, 0) is 21.4 Å². The highest BCUT2D eigenvalue weighted by Gasteiger charge is 2.27. The lowest BCUT2D eigenvalue weighted by molar-refractivity contribution is -0.119. The Kier molecular flexibility index (Phi) is 6.97. The van der Waals surface area contributed by atoms with Crippen molar-refractivity contribution in [3.8, 4) is 5.75 Å². The molecule has 0 radical (unpaired) electrons. The minimum atomic E-state index is -3.96. The van der Waals surface area contributed by atoms with Crippen LogP contribution < -0.4 is 14.4 Å². The summed E-state index contributed by atoms with van der Waals surface area (Å²) >= 11 is 5.88. The molecule has 30 heavy (non-hydrogen) atoms. The number of sulfonamides is 1. The number of methoxy groups -OCH3 is 1. The molecule has 0 saturated carbocycles. The van der Waals surface area contributed by atoms with Crippen molar-refractivity contribution < 1.29 is 17.9 Å². The van der Waals surface area contributed by atoms with E-state index >= 15 is 0 Å². The van der Waals surface area contributed by atoms with Crippen molar-refractivity contribution in [3.63, 3.8) is 0 Å². The van der Waals surface area contributed by atoms with Crippen LogP contribution in [0.3, 0.4) is 0 Å². The maximum atomic E-state index is 13.2. The molecule has 0 aliphatic heterocycles. The van der Waals surface area contributed by atoms with Gasteiger partial charge in [-0.05, 0) is 54.1 Å². The molecule has 0 atom stereocenters. The molecule has 0 unspecified atom stereocenters. The third-order valence-electron chi connectivity index (χ3n) is 4.38. The van der Waals surface area contributed by atoms with E-state index in [2.05, 4.69) is 5.32 Å². The molecule has 1 amide bonds. The predicted molar refractivity (Wildman–Crippen MR) is 117 cm³/mol. The molecule has 0 saturated heterocycles. The maximum absolute atomic E-state index is 13.2. The minimum absolute atomic E-state index is 0.0544. The molecule has 1 N–H and O–H groups in total. The van der Waals surface area contributed by atoms with Crippen molar-refractivity contribution in [3.05, 3.63) is 89.4 Å². The molecule has 0 aliphatic carbocycles. The second-order valence-electron chi connectivity index (χ2n) is 6.43. The van der Waals surface area contributed by atoms with Gasteiger partial charge in [0, 0.05) is 11.6 Å². The molecule has 3 aromatic rings. The first-order valence-corrected chi connectivity index (χ1v) is 10.9. The molecule has 0 heterocycles. The number of halogens is 1. The number of amides is 1. The highest BCUT2D eigenvalue weighted by molar-refractivity contribution is 7.92. The number of nitrogens with one attached hydrogen (secondary N) is 1. The van der Waals surface area contributed by atoms with Crippen LogP contribution in [0.1, 0.15) is 5.56 Å². The summed E-state index contributed by atoms with van der Waals surface area (Å²) in [6.07, 6.45) is 0. The number of anilines is 1. The molecule has 0 spiro atoms. The first-order valence-electron chi connectivity index (χ1n) is 9.13. The predicted octanol–water partition coefficient (Wildman–Crippen LogP) is 3.86. The number of hydrogen-bond donors (Lipinski definition) is 1. The standard InChI is InChI=1S/C22H21ClN2O4S/c1-29-20-11-7-17(8-12-20)15-24-22(26)16-25(19-5-3-2-4-6-19)30(27,28)21-13-9-18(23)10-14-21/h2-14H,15-16H2,1H3,(H,24,26). The van der Waals surface area contributed by atoms with Crippen molar-refractivity contribution in [2.45, 2.75) is 11.4 Å². The molecule has 3 rings (SSSR count). The van der Waals surface area contributed by atoms with Crippen molar-refractivity contribution in [1.82, 2.24) is 5.32 Å². The Hall–Kier alpha value is -3.03.